The molecule has 1 rings (SSSR count). The van der Waals surface area contributed by atoms with Crippen molar-refractivity contribution in [1.82, 2.24) is 0 Å². The van der Waals surface area contributed by atoms with Gasteiger partial charge in [0.05, 0.1) is 6.61 Å². The number of cyclic esters (lactones) is 1. The van der Waals surface area contributed by atoms with Crippen LogP contribution in [0, 0.1) is 5.92 Å². The van der Waals surface area contributed by atoms with Gasteiger partial charge in [-0.05, 0) is 19.9 Å². The normalized spacial score (nSPS) is 21.8. The van der Waals surface area contributed by atoms with E-state index in [0.29, 0.717) is 13.0 Å². The first-order valence-electron chi connectivity index (χ1n) is 3.96. The van der Waals surface area contributed by atoms with Gasteiger partial charge in [0.2, 0.25) is 0 Å². The van der Waals surface area contributed by atoms with E-state index in [9.17, 15) is 9.59 Å². The molecule has 1 aliphatic heterocycles. The fourth-order valence-electron chi connectivity index (χ4n) is 1.14. The summed E-state index contributed by atoms with van der Waals surface area (Å²) in [4.78, 5) is 22.2. The van der Waals surface area contributed by atoms with Crippen LogP contribution in [-0.2, 0) is 14.3 Å². The molecule has 0 aromatic heterocycles. The molecule has 1 fully saturated rings. The summed E-state index contributed by atoms with van der Waals surface area (Å²) in [6.45, 7) is 4.04. The van der Waals surface area contributed by atoms with E-state index in [1.54, 1.807) is 0 Å². The summed E-state index contributed by atoms with van der Waals surface area (Å²) >= 11 is 0. The number of hydrogen-bond acceptors (Lipinski definition) is 3. The fourth-order valence-corrected chi connectivity index (χ4v) is 1.14. The molecule has 3 nitrogen and oxygen atoms in total. The lowest BCUT2D eigenvalue weighted by Crippen LogP contribution is -2.17. The molecule has 0 bridgehead atoms. The maximum Gasteiger partial charge on any atom is 0.316 e. The molecule has 0 radical (unpaired) electrons. The van der Waals surface area contributed by atoms with Crippen molar-refractivity contribution in [2.24, 2.45) is 5.92 Å². The second-order valence-electron chi connectivity index (χ2n) is 3.13. The molecule has 3 heteroatoms. The summed E-state index contributed by atoms with van der Waals surface area (Å²) in [6.07, 6.45) is 2.03. The molecule has 1 saturated heterocycles. The van der Waals surface area contributed by atoms with Crippen molar-refractivity contribution in [2.75, 3.05) is 6.61 Å². The van der Waals surface area contributed by atoms with Crippen LogP contribution in [0.3, 0.4) is 0 Å². The van der Waals surface area contributed by atoms with E-state index < -0.39 is 5.92 Å². The Morgan fingerprint density at radius 1 is 1.58 bits per heavy atom. The fraction of sp³-hybridized carbons (Fsp3) is 0.556. The zero-order chi connectivity index (χ0) is 9.14. The second-order valence-corrected chi connectivity index (χ2v) is 3.13. The molecule has 0 spiro atoms. The van der Waals surface area contributed by atoms with E-state index in [2.05, 4.69) is 4.74 Å². The van der Waals surface area contributed by atoms with Crippen LogP contribution in [-0.4, -0.2) is 18.4 Å². The maximum absolute atomic E-state index is 11.3. The average molecular weight is 168 g/mol. The van der Waals surface area contributed by atoms with Crippen LogP contribution in [0.2, 0.25) is 0 Å². The Hall–Kier alpha value is -1.12. The Labute approximate surface area is 71.4 Å². The Morgan fingerprint density at radius 3 is 2.67 bits per heavy atom. The molecule has 1 atom stereocenters. The van der Waals surface area contributed by atoms with Crippen molar-refractivity contribution in [1.29, 1.82) is 0 Å². The second kappa shape index (κ2) is 3.52. The molecule has 12 heavy (non-hydrogen) atoms. The van der Waals surface area contributed by atoms with Crippen molar-refractivity contribution >= 4 is 11.8 Å². The zero-order valence-electron chi connectivity index (χ0n) is 7.29. The smallest absolute Gasteiger partial charge is 0.316 e. The quantitative estimate of drug-likeness (QED) is 0.352. The van der Waals surface area contributed by atoms with Gasteiger partial charge < -0.3 is 4.74 Å². The molecule has 1 unspecified atom stereocenters. The highest BCUT2D eigenvalue weighted by Crippen LogP contribution is 2.16. The first kappa shape index (κ1) is 8.97. The van der Waals surface area contributed by atoms with E-state index in [1.807, 2.05) is 13.8 Å². The molecule has 66 valence electrons. The molecule has 0 amide bonds. The Bertz CT molecular complexity index is 236. The highest BCUT2D eigenvalue weighted by molar-refractivity contribution is 6.05. The summed E-state index contributed by atoms with van der Waals surface area (Å²) < 4.78 is 4.68. The van der Waals surface area contributed by atoms with Gasteiger partial charge in [-0.15, -0.1) is 0 Å². The van der Waals surface area contributed by atoms with Gasteiger partial charge in [0, 0.05) is 6.42 Å². The number of carbonyl (C=O) groups is 2. The SMILES string of the molecule is CC(C)=CC(=O)C1CCOC1=O. The highest BCUT2D eigenvalue weighted by Gasteiger charge is 2.31. The van der Waals surface area contributed by atoms with Gasteiger partial charge in [-0.3, -0.25) is 9.59 Å². The number of esters is 1. The Balaban J connectivity index is 2.64. The van der Waals surface area contributed by atoms with Gasteiger partial charge >= 0.3 is 5.97 Å². The minimum Gasteiger partial charge on any atom is -0.465 e. The summed E-state index contributed by atoms with van der Waals surface area (Å²) in [5, 5.41) is 0. The monoisotopic (exact) mass is 168 g/mol. The van der Waals surface area contributed by atoms with Crippen LogP contribution in [0.5, 0.6) is 0 Å². The van der Waals surface area contributed by atoms with Gasteiger partial charge in [0.1, 0.15) is 5.92 Å². The topological polar surface area (TPSA) is 43.4 Å². The van der Waals surface area contributed by atoms with Crippen LogP contribution < -0.4 is 0 Å². The molecule has 0 N–H and O–H groups in total. The van der Waals surface area contributed by atoms with Crippen LogP contribution >= 0.6 is 0 Å². The number of allylic oxidation sites excluding steroid dienone is 2. The standard InChI is InChI=1S/C9H12O3/c1-6(2)5-8(10)7-3-4-12-9(7)11/h5,7H,3-4H2,1-2H3. The highest BCUT2D eigenvalue weighted by atomic mass is 16.5. The predicted octanol–water partition coefficient (Wildman–Crippen LogP) is 1.08. The van der Waals surface area contributed by atoms with Crippen molar-refractivity contribution in [3.8, 4) is 0 Å². The summed E-state index contributed by atoms with van der Waals surface area (Å²) in [6, 6.07) is 0. The number of rotatable bonds is 2. The van der Waals surface area contributed by atoms with Gasteiger partial charge in [-0.2, -0.15) is 0 Å². The third-order valence-corrected chi connectivity index (χ3v) is 1.71. The van der Waals surface area contributed by atoms with E-state index in [0.717, 1.165) is 5.57 Å². The van der Waals surface area contributed by atoms with Crippen LogP contribution in [0.1, 0.15) is 20.3 Å². The first-order valence-corrected chi connectivity index (χ1v) is 3.96. The van der Waals surface area contributed by atoms with Crippen molar-refractivity contribution in [3.05, 3.63) is 11.6 Å². The van der Waals surface area contributed by atoms with Gasteiger partial charge in [0.15, 0.2) is 5.78 Å². The lowest BCUT2D eigenvalue weighted by Gasteiger charge is -1.99. The number of ether oxygens (including phenoxy) is 1. The van der Waals surface area contributed by atoms with E-state index >= 15 is 0 Å². The minimum absolute atomic E-state index is 0.127. The Morgan fingerprint density at radius 2 is 2.25 bits per heavy atom. The van der Waals surface area contributed by atoms with E-state index in [-0.39, 0.29) is 11.8 Å². The van der Waals surface area contributed by atoms with E-state index in [1.165, 1.54) is 6.08 Å². The molecule has 0 aromatic rings. The maximum atomic E-state index is 11.3. The number of ketones is 1. The average Bonchev–Trinajstić information content (AvgIpc) is 2.33. The summed E-state index contributed by atoms with van der Waals surface area (Å²) in [5.41, 5.74) is 0.916. The van der Waals surface area contributed by atoms with Crippen molar-refractivity contribution < 1.29 is 14.3 Å². The largest absolute Gasteiger partial charge is 0.465 e. The van der Waals surface area contributed by atoms with E-state index in [4.69, 9.17) is 0 Å². The van der Waals surface area contributed by atoms with Gasteiger partial charge in [-0.1, -0.05) is 5.57 Å². The lowest BCUT2D eigenvalue weighted by atomic mass is 10.0. The zero-order valence-corrected chi connectivity index (χ0v) is 7.29. The summed E-state index contributed by atoms with van der Waals surface area (Å²) in [7, 11) is 0. The molecule has 1 heterocycles. The van der Waals surface area contributed by atoms with Crippen LogP contribution in [0.25, 0.3) is 0 Å². The molecule has 0 aliphatic carbocycles. The molecule has 0 saturated carbocycles. The molecular formula is C9H12O3. The van der Waals surface area contributed by atoms with Crippen LogP contribution in [0.15, 0.2) is 11.6 Å². The van der Waals surface area contributed by atoms with Crippen molar-refractivity contribution in [2.45, 2.75) is 20.3 Å². The molecule has 0 aromatic carbocycles. The number of hydrogen-bond donors (Lipinski definition) is 0. The van der Waals surface area contributed by atoms with Gasteiger partial charge in [0.25, 0.3) is 0 Å². The molecule has 1 aliphatic rings. The number of carbonyl (C=O) groups excluding carboxylic acids is 2. The summed E-state index contributed by atoms with van der Waals surface area (Å²) in [5.74, 6) is -1.05. The first-order chi connectivity index (χ1) is 5.61. The van der Waals surface area contributed by atoms with Gasteiger partial charge in [-0.25, -0.2) is 0 Å². The Kier molecular flexibility index (Phi) is 2.63. The van der Waals surface area contributed by atoms with Crippen LogP contribution in [0.4, 0.5) is 0 Å². The molecular weight excluding hydrogens is 156 g/mol. The minimum atomic E-state index is -0.542. The third kappa shape index (κ3) is 1.94. The predicted molar refractivity (Wildman–Crippen MR) is 43.5 cm³/mol. The third-order valence-electron chi connectivity index (χ3n) is 1.71. The van der Waals surface area contributed by atoms with Crippen molar-refractivity contribution in [3.63, 3.8) is 0 Å². The lowest BCUT2D eigenvalue weighted by molar-refractivity contribution is -0.143.